The number of halogens is 2. The number of nitrogen functional groups attached to an aromatic ring is 1. The highest BCUT2D eigenvalue weighted by Gasteiger charge is 2.17. The summed E-state index contributed by atoms with van der Waals surface area (Å²) < 4.78 is 38.4. The zero-order valence-electron chi connectivity index (χ0n) is 10.7. The maximum atomic E-state index is 13.3. The van der Waals surface area contributed by atoms with E-state index in [1.165, 1.54) is 24.3 Å². The SMILES string of the molecule is Cc1cc(S(=O)(=O)Cc2cc(F)cc(Br)c2)ccc1N. The van der Waals surface area contributed by atoms with Crippen molar-refractivity contribution in [2.24, 2.45) is 0 Å². The monoisotopic (exact) mass is 357 g/mol. The van der Waals surface area contributed by atoms with Gasteiger partial charge < -0.3 is 5.73 Å². The number of nitrogens with two attached hydrogens (primary N) is 1. The predicted octanol–water partition coefficient (Wildman–Crippen LogP) is 3.45. The number of aryl methyl sites for hydroxylation is 1. The van der Waals surface area contributed by atoms with Crippen molar-refractivity contribution in [3.05, 3.63) is 57.8 Å². The van der Waals surface area contributed by atoms with Crippen molar-refractivity contribution < 1.29 is 12.8 Å². The van der Waals surface area contributed by atoms with Crippen LogP contribution in [0.25, 0.3) is 0 Å². The molecule has 0 unspecified atom stereocenters. The van der Waals surface area contributed by atoms with E-state index in [1.54, 1.807) is 19.1 Å². The molecule has 3 nitrogen and oxygen atoms in total. The molecule has 106 valence electrons. The Morgan fingerprint density at radius 3 is 2.50 bits per heavy atom. The van der Waals surface area contributed by atoms with Gasteiger partial charge in [-0.3, -0.25) is 0 Å². The van der Waals surface area contributed by atoms with Crippen LogP contribution in [0.3, 0.4) is 0 Å². The normalized spacial score (nSPS) is 11.6. The van der Waals surface area contributed by atoms with Crippen molar-refractivity contribution in [1.82, 2.24) is 0 Å². The van der Waals surface area contributed by atoms with Crippen molar-refractivity contribution >= 4 is 31.5 Å². The molecule has 0 bridgehead atoms. The van der Waals surface area contributed by atoms with Gasteiger partial charge in [-0.2, -0.15) is 0 Å². The summed E-state index contributed by atoms with van der Waals surface area (Å²) in [7, 11) is -3.53. The molecule has 0 saturated carbocycles. The predicted molar refractivity (Wildman–Crippen MR) is 80.6 cm³/mol. The van der Waals surface area contributed by atoms with Crippen molar-refractivity contribution in [3.8, 4) is 0 Å². The van der Waals surface area contributed by atoms with Gasteiger partial charge >= 0.3 is 0 Å². The summed E-state index contributed by atoms with van der Waals surface area (Å²) in [5.41, 5.74) is 7.31. The van der Waals surface area contributed by atoms with Gasteiger partial charge in [0.05, 0.1) is 10.6 Å². The molecule has 0 spiro atoms. The Morgan fingerprint density at radius 2 is 1.90 bits per heavy atom. The molecule has 0 atom stereocenters. The quantitative estimate of drug-likeness (QED) is 0.855. The van der Waals surface area contributed by atoms with Crippen molar-refractivity contribution in [2.45, 2.75) is 17.6 Å². The molecule has 0 aromatic heterocycles. The molecule has 2 N–H and O–H groups in total. The molecule has 6 heteroatoms. The summed E-state index contributed by atoms with van der Waals surface area (Å²) in [5.74, 6) is -0.731. The molecule has 0 aliphatic heterocycles. The highest BCUT2D eigenvalue weighted by Crippen LogP contribution is 2.23. The van der Waals surface area contributed by atoms with E-state index in [9.17, 15) is 12.8 Å². The van der Waals surface area contributed by atoms with Gasteiger partial charge in [0.15, 0.2) is 9.84 Å². The lowest BCUT2D eigenvalue weighted by molar-refractivity contribution is 0.594. The molecule has 0 aliphatic carbocycles. The van der Waals surface area contributed by atoms with Crippen LogP contribution >= 0.6 is 15.9 Å². The highest BCUT2D eigenvalue weighted by molar-refractivity contribution is 9.10. The third-order valence-electron chi connectivity index (χ3n) is 2.88. The number of rotatable bonds is 3. The first-order valence-electron chi connectivity index (χ1n) is 5.82. The van der Waals surface area contributed by atoms with Crippen LogP contribution in [0.1, 0.15) is 11.1 Å². The summed E-state index contributed by atoms with van der Waals surface area (Å²) in [6.45, 7) is 1.74. The Balaban J connectivity index is 2.37. The largest absolute Gasteiger partial charge is 0.399 e. The van der Waals surface area contributed by atoms with E-state index in [1.807, 2.05) is 0 Å². The van der Waals surface area contributed by atoms with E-state index in [0.717, 1.165) is 0 Å². The Bertz CT molecular complexity index is 740. The minimum Gasteiger partial charge on any atom is -0.399 e. The van der Waals surface area contributed by atoms with Gasteiger partial charge in [-0.15, -0.1) is 0 Å². The fourth-order valence-corrected chi connectivity index (χ4v) is 3.76. The Hall–Kier alpha value is -1.40. The molecule has 0 aliphatic rings. The minimum absolute atomic E-state index is 0.185. The Kier molecular flexibility index (Phi) is 4.15. The first-order valence-corrected chi connectivity index (χ1v) is 8.26. The van der Waals surface area contributed by atoms with E-state index in [0.29, 0.717) is 21.3 Å². The summed E-state index contributed by atoms with van der Waals surface area (Å²) in [6, 6.07) is 8.63. The highest BCUT2D eigenvalue weighted by atomic mass is 79.9. The molecular formula is C14H13BrFNO2S. The molecule has 2 rings (SSSR count). The number of benzene rings is 2. The second-order valence-electron chi connectivity index (χ2n) is 4.56. The van der Waals surface area contributed by atoms with Crippen LogP contribution in [0.15, 0.2) is 45.8 Å². The van der Waals surface area contributed by atoms with E-state index >= 15 is 0 Å². The van der Waals surface area contributed by atoms with Crippen molar-refractivity contribution in [3.63, 3.8) is 0 Å². The summed E-state index contributed by atoms with van der Waals surface area (Å²) >= 11 is 3.15. The standard InChI is InChI=1S/C14H13BrFNO2S/c1-9-4-13(2-3-14(9)17)20(18,19)8-10-5-11(15)7-12(16)6-10/h2-7H,8,17H2,1H3. The third kappa shape index (κ3) is 3.37. The number of hydrogen-bond donors (Lipinski definition) is 1. The van der Waals surface area contributed by atoms with E-state index in [-0.39, 0.29) is 10.6 Å². The summed E-state index contributed by atoms with van der Waals surface area (Å²) in [6.07, 6.45) is 0. The fourth-order valence-electron chi connectivity index (χ4n) is 1.84. The maximum absolute atomic E-state index is 13.3. The van der Waals surface area contributed by atoms with Gasteiger partial charge in [0.25, 0.3) is 0 Å². The van der Waals surface area contributed by atoms with Gasteiger partial charge in [-0.05, 0) is 54.4 Å². The van der Waals surface area contributed by atoms with E-state index < -0.39 is 15.7 Å². The van der Waals surface area contributed by atoms with E-state index in [4.69, 9.17) is 5.73 Å². The van der Waals surface area contributed by atoms with Gasteiger partial charge in [-0.25, -0.2) is 12.8 Å². The average Bonchev–Trinajstić information content (AvgIpc) is 2.30. The average molecular weight is 358 g/mol. The summed E-state index contributed by atoms with van der Waals surface area (Å²) in [4.78, 5) is 0.185. The molecular weight excluding hydrogens is 345 g/mol. The maximum Gasteiger partial charge on any atom is 0.182 e. The molecule has 0 fully saturated rings. The van der Waals surface area contributed by atoms with Gasteiger partial charge in [0.2, 0.25) is 0 Å². The van der Waals surface area contributed by atoms with Crippen molar-refractivity contribution in [1.29, 1.82) is 0 Å². The van der Waals surface area contributed by atoms with Crippen LogP contribution in [0.2, 0.25) is 0 Å². The molecule has 2 aromatic carbocycles. The molecule has 20 heavy (non-hydrogen) atoms. The second kappa shape index (κ2) is 5.54. The van der Waals surface area contributed by atoms with Crippen LogP contribution in [0.4, 0.5) is 10.1 Å². The molecule has 0 radical (unpaired) electrons. The lowest BCUT2D eigenvalue weighted by Crippen LogP contribution is -2.06. The smallest absolute Gasteiger partial charge is 0.182 e. The molecule has 0 amide bonds. The second-order valence-corrected chi connectivity index (χ2v) is 7.46. The van der Waals surface area contributed by atoms with Crippen LogP contribution < -0.4 is 5.73 Å². The number of hydrogen-bond acceptors (Lipinski definition) is 3. The van der Waals surface area contributed by atoms with Gasteiger partial charge in [0.1, 0.15) is 5.82 Å². The fraction of sp³-hybridized carbons (Fsp3) is 0.143. The molecule has 0 saturated heterocycles. The molecule has 2 aromatic rings. The first-order chi connectivity index (χ1) is 9.28. The Labute approximate surface area is 125 Å². The van der Waals surface area contributed by atoms with Crippen LogP contribution in [0.5, 0.6) is 0 Å². The van der Waals surface area contributed by atoms with Gasteiger partial charge in [-0.1, -0.05) is 15.9 Å². The Morgan fingerprint density at radius 1 is 1.20 bits per heavy atom. The lowest BCUT2D eigenvalue weighted by atomic mass is 10.2. The zero-order chi connectivity index (χ0) is 14.9. The minimum atomic E-state index is -3.53. The zero-order valence-corrected chi connectivity index (χ0v) is 13.1. The van der Waals surface area contributed by atoms with Gasteiger partial charge in [0, 0.05) is 10.2 Å². The van der Waals surface area contributed by atoms with E-state index in [2.05, 4.69) is 15.9 Å². The number of sulfone groups is 1. The topological polar surface area (TPSA) is 60.2 Å². The first kappa shape index (κ1) is 15.0. The van der Waals surface area contributed by atoms with Crippen LogP contribution in [0, 0.1) is 12.7 Å². The number of anilines is 1. The van der Waals surface area contributed by atoms with Crippen LogP contribution in [-0.2, 0) is 15.6 Å². The van der Waals surface area contributed by atoms with Crippen molar-refractivity contribution in [2.75, 3.05) is 5.73 Å². The third-order valence-corrected chi connectivity index (χ3v) is 5.02. The summed E-state index contributed by atoms with van der Waals surface area (Å²) in [5, 5.41) is 0. The lowest BCUT2D eigenvalue weighted by Gasteiger charge is -2.08. The van der Waals surface area contributed by atoms with Crippen LogP contribution in [-0.4, -0.2) is 8.42 Å². The molecule has 0 heterocycles.